The molecule has 0 unspecified atom stereocenters. The van der Waals surface area contributed by atoms with Gasteiger partial charge < -0.3 is 15.4 Å². The molecule has 0 spiro atoms. The lowest BCUT2D eigenvalue weighted by molar-refractivity contribution is 0.1000. The first-order chi connectivity index (χ1) is 15.5. The number of unbranched alkanes of at least 4 members (excludes halogenated alkanes) is 2. The van der Waals surface area contributed by atoms with Crippen molar-refractivity contribution in [2.24, 2.45) is 5.73 Å². The summed E-state index contributed by atoms with van der Waals surface area (Å²) in [6.07, 6.45) is 5.00. The molecule has 168 valence electrons. The Morgan fingerprint density at radius 1 is 1.03 bits per heavy atom. The van der Waals surface area contributed by atoms with Crippen LogP contribution in [0.25, 0.3) is 0 Å². The van der Waals surface area contributed by atoms with Gasteiger partial charge >= 0.3 is 0 Å². The van der Waals surface area contributed by atoms with Gasteiger partial charge in [0.25, 0.3) is 0 Å². The van der Waals surface area contributed by atoms with Crippen LogP contribution < -0.4 is 15.4 Å². The van der Waals surface area contributed by atoms with Crippen molar-refractivity contribution in [2.75, 3.05) is 18.0 Å². The van der Waals surface area contributed by atoms with Crippen LogP contribution in [0, 0.1) is 11.6 Å². The zero-order valence-corrected chi connectivity index (χ0v) is 18.1. The fourth-order valence-corrected chi connectivity index (χ4v) is 3.37. The molecule has 1 amide bonds. The van der Waals surface area contributed by atoms with Crippen molar-refractivity contribution in [3.63, 3.8) is 0 Å². The predicted molar refractivity (Wildman–Crippen MR) is 121 cm³/mol. The Morgan fingerprint density at radius 2 is 1.75 bits per heavy atom. The number of halogens is 2. The van der Waals surface area contributed by atoms with Gasteiger partial charge in [-0.1, -0.05) is 38.0 Å². The number of nitrogens with zero attached hydrogens (tertiary/aromatic N) is 2. The largest absolute Gasteiger partial charge is 0.433 e. The van der Waals surface area contributed by atoms with Crippen LogP contribution in [0.3, 0.4) is 0 Å². The Hall–Kier alpha value is -3.48. The molecule has 0 fully saturated rings. The SMILES string of the molecule is CCCCCN(CCc1cc(F)c(Oc2ccc(C(N)=O)cn2)c(F)c1)c1ccccc1. The molecule has 32 heavy (non-hydrogen) atoms. The lowest BCUT2D eigenvalue weighted by Gasteiger charge is -2.25. The van der Waals surface area contributed by atoms with Crippen molar-refractivity contribution in [1.29, 1.82) is 0 Å². The molecule has 0 atom stereocenters. The summed E-state index contributed by atoms with van der Waals surface area (Å²) in [5.74, 6) is -2.83. The van der Waals surface area contributed by atoms with Gasteiger partial charge in [-0.3, -0.25) is 4.79 Å². The van der Waals surface area contributed by atoms with Crippen LogP contribution in [0.1, 0.15) is 42.1 Å². The Balaban J connectivity index is 1.69. The van der Waals surface area contributed by atoms with Gasteiger partial charge in [-0.05, 0) is 48.7 Å². The number of nitrogens with two attached hydrogens (primary N) is 1. The van der Waals surface area contributed by atoms with Crippen molar-refractivity contribution >= 4 is 11.6 Å². The molecule has 0 bridgehead atoms. The van der Waals surface area contributed by atoms with Gasteiger partial charge in [-0.25, -0.2) is 13.8 Å². The highest BCUT2D eigenvalue weighted by Crippen LogP contribution is 2.28. The number of amides is 1. The van der Waals surface area contributed by atoms with Crippen molar-refractivity contribution in [2.45, 2.75) is 32.6 Å². The topological polar surface area (TPSA) is 68.5 Å². The van der Waals surface area contributed by atoms with Crippen LogP contribution >= 0.6 is 0 Å². The molecule has 7 heteroatoms. The van der Waals surface area contributed by atoms with E-state index in [2.05, 4.69) is 16.8 Å². The van der Waals surface area contributed by atoms with E-state index in [0.29, 0.717) is 18.5 Å². The number of ether oxygens (including phenoxy) is 1. The molecule has 5 nitrogen and oxygen atoms in total. The predicted octanol–water partition coefficient (Wildman–Crippen LogP) is 5.49. The lowest BCUT2D eigenvalue weighted by Crippen LogP contribution is -2.27. The smallest absolute Gasteiger partial charge is 0.250 e. The molecule has 1 aromatic heterocycles. The van der Waals surface area contributed by atoms with Gasteiger partial charge in [0.05, 0.1) is 5.56 Å². The number of anilines is 1. The Kier molecular flexibility index (Phi) is 8.14. The average molecular weight is 440 g/mol. The highest BCUT2D eigenvalue weighted by atomic mass is 19.1. The van der Waals surface area contributed by atoms with E-state index in [4.69, 9.17) is 10.5 Å². The highest BCUT2D eigenvalue weighted by molar-refractivity contribution is 5.92. The number of rotatable bonds is 11. The summed E-state index contributed by atoms with van der Waals surface area (Å²) in [5, 5.41) is 0. The highest BCUT2D eigenvalue weighted by Gasteiger charge is 2.16. The average Bonchev–Trinajstić information content (AvgIpc) is 2.79. The third kappa shape index (κ3) is 6.26. The van der Waals surface area contributed by atoms with Gasteiger partial charge in [0.1, 0.15) is 0 Å². The minimum atomic E-state index is -0.807. The molecule has 0 aliphatic carbocycles. The van der Waals surface area contributed by atoms with E-state index in [9.17, 15) is 13.6 Å². The maximum Gasteiger partial charge on any atom is 0.250 e. The quantitative estimate of drug-likeness (QED) is 0.401. The number of carbonyl (C=O) groups is 1. The van der Waals surface area contributed by atoms with Gasteiger partial charge in [-0.2, -0.15) is 0 Å². The number of primary amides is 1. The van der Waals surface area contributed by atoms with Gasteiger partial charge in [0.2, 0.25) is 17.5 Å². The van der Waals surface area contributed by atoms with Gasteiger partial charge in [0.15, 0.2) is 11.6 Å². The molecular weight excluding hydrogens is 412 g/mol. The maximum absolute atomic E-state index is 14.6. The Bertz CT molecular complexity index is 1000. The molecule has 0 radical (unpaired) electrons. The van der Waals surface area contributed by atoms with Crippen LogP contribution in [0.2, 0.25) is 0 Å². The van der Waals surface area contributed by atoms with Gasteiger partial charge in [-0.15, -0.1) is 0 Å². The summed E-state index contributed by atoms with van der Waals surface area (Å²) in [7, 11) is 0. The van der Waals surface area contributed by atoms with Gasteiger partial charge in [0, 0.05) is 31.0 Å². The summed E-state index contributed by atoms with van der Waals surface area (Å²) >= 11 is 0. The monoisotopic (exact) mass is 439 g/mol. The van der Waals surface area contributed by atoms with E-state index < -0.39 is 23.3 Å². The van der Waals surface area contributed by atoms with Crippen LogP contribution in [0.5, 0.6) is 11.6 Å². The van der Waals surface area contributed by atoms with Crippen molar-refractivity contribution in [1.82, 2.24) is 4.98 Å². The number of para-hydroxylation sites is 1. The second kappa shape index (κ2) is 11.2. The molecule has 1 heterocycles. The lowest BCUT2D eigenvalue weighted by atomic mass is 10.1. The zero-order valence-electron chi connectivity index (χ0n) is 18.1. The van der Waals surface area contributed by atoms with Crippen LogP contribution in [0.4, 0.5) is 14.5 Å². The molecule has 0 saturated heterocycles. The van der Waals surface area contributed by atoms with Crippen molar-refractivity contribution < 1.29 is 18.3 Å². The molecule has 0 saturated carbocycles. The number of carbonyl (C=O) groups excluding carboxylic acids is 1. The summed E-state index contributed by atoms with van der Waals surface area (Å²) in [6, 6.07) is 15.3. The first-order valence-electron chi connectivity index (χ1n) is 10.7. The molecule has 0 aliphatic rings. The number of aromatic nitrogens is 1. The normalized spacial score (nSPS) is 10.7. The van der Waals surface area contributed by atoms with Crippen molar-refractivity contribution in [3.8, 4) is 11.6 Å². The number of hydrogen-bond donors (Lipinski definition) is 1. The van der Waals surface area contributed by atoms with E-state index in [1.54, 1.807) is 0 Å². The summed E-state index contributed by atoms with van der Waals surface area (Å²) in [6.45, 7) is 3.68. The summed E-state index contributed by atoms with van der Waals surface area (Å²) < 4.78 is 34.5. The van der Waals surface area contributed by atoms with Crippen LogP contribution in [-0.4, -0.2) is 24.0 Å². The maximum atomic E-state index is 14.6. The molecular formula is C25H27F2N3O2. The third-order valence-corrected chi connectivity index (χ3v) is 5.11. The standard InChI is InChI=1S/C25H27F2N3O2/c1-2-3-7-13-30(20-8-5-4-6-9-20)14-12-18-15-21(26)24(22(27)16-18)32-23-11-10-19(17-29-23)25(28)31/h4-6,8-11,15-17H,2-3,7,12-14H2,1H3,(H2,28,31). The van der Waals surface area contributed by atoms with Crippen LogP contribution in [-0.2, 0) is 6.42 Å². The summed E-state index contributed by atoms with van der Waals surface area (Å²) in [4.78, 5) is 17.2. The number of pyridine rings is 1. The van der Waals surface area contributed by atoms with E-state index >= 15 is 0 Å². The third-order valence-electron chi connectivity index (χ3n) is 5.11. The molecule has 0 aliphatic heterocycles. The molecule has 3 aromatic rings. The van der Waals surface area contributed by atoms with E-state index in [1.165, 1.54) is 30.5 Å². The fraction of sp³-hybridized carbons (Fsp3) is 0.280. The zero-order chi connectivity index (χ0) is 22.9. The minimum absolute atomic E-state index is 0.0354. The molecule has 2 aromatic carbocycles. The van der Waals surface area contributed by atoms with E-state index in [0.717, 1.165) is 31.5 Å². The fourth-order valence-electron chi connectivity index (χ4n) is 3.37. The Morgan fingerprint density at radius 3 is 2.34 bits per heavy atom. The second-order valence-corrected chi connectivity index (χ2v) is 7.52. The number of benzene rings is 2. The first kappa shape index (κ1) is 23.2. The van der Waals surface area contributed by atoms with Crippen LogP contribution in [0.15, 0.2) is 60.8 Å². The minimum Gasteiger partial charge on any atom is -0.433 e. The van der Waals surface area contributed by atoms with E-state index in [1.807, 2.05) is 30.3 Å². The first-order valence-corrected chi connectivity index (χ1v) is 10.7. The second-order valence-electron chi connectivity index (χ2n) is 7.52. The van der Waals surface area contributed by atoms with Crippen molar-refractivity contribution in [3.05, 3.63) is 83.6 Å². The van der Waals surface area contributed by atoms with E-state index in [-0.39, 0.29) is 11.4 Å². The molecule has 2 N–H and O–H groups in total. The number of hydrogen-bond acceptors (Lipinski definition) is 4. The molecule has 3 rings (SSSR count). The Labute approximate surface area is 186 Å². The summed E-state index contributed by atoms with van der Waals surface area (Å²) in [5.41, 5.74) is 6.97.